The predicted molar refractivity (Wildman–Crippen MR) is 79.0 cm³/mol. The highest BCUT2D eigenvalue weighted by molar-refractivity contribution is 5.95. The van der Waals surface area contributed by atoms with Gasteiger partial charge in [0.1, 0.15) is 5.70 Å². The number of hydrogen-bond donors (Lipinski definition) is 1. The highest BCUT2D eigenvalue weighted by Gasteiger charge is 2.29. The van der Waals surface area contributed by atoms with Crippen LogP contribution < -0.4 is 14.8 Å². The first-order valence-corrected chi connectivity index (χ1v) is 6.93. The van der Waals surface area contributed by atoms with Gasteiger partial charge in [0.2, 0.25) is 6.79 Å². The monoisotopic (exact) mass is 295 g/mol. The molecule has 2 aliphatic heterocycles. The molecule has 0 aliphatic carbocycles. The predicted octanol–water partition coefficient (Wildman–Crippen LogP) is 2.60. The Kier molecular flexibility index (Phi) is 2.96. The lowest BCUT2D eigenvalue weighted by Crippen LogP contribution is -2.12. The third kappa shape index (κ3) is 2.26. The van der Waals surface area contributed by atoms with Crippen LogP contribution in [0.1, 0.15) is 17.4 Å². The molecule has 5 heteroatoms. The van der Waals surface area contributed by atoms with Gasteiger partial charge in [-0.25, -0.2) is 4.79 Å². The molecule has 0 bridgehead atoms. The number of hydrogen-bond acceptors (Lipinski definition) is 5. The van der Waals surface area contributed by atoms with Crippen LogP contribution in [-0.2, 0) is 9.53 Å². The minimum absolute atomic E-state index is 0.228. The number of nitrogens with one attached hydrogen (secondary N) is 1. The van der Waals surface area contributed by atoms with E-state index in [0.717, 1.165) is 11.1 Å². The molecule has 1 N–H and O–H groups in total. The highest BCUT2D eigenvalue weighted by atomic mass is 16.7. The third-order valence-corrected chi connectivity index (χ3v) is 3.54. The Labute approximate surface area is 127 Å². The summed E-state index contributed by atoms with van der Waals surface area (Å²) in [4.78, 5) is 12.0. The number of ether oxygens (including phenoxy) is 3. The van der Waals surface area contributed by atoms with Gasteiger partial charge in [0.05, 0.1) is 0 Å². The van der Waals surface area contributed by atoms with E-state index in [4.69, 9.17) is 14.2 Å². The van der Waals surface area contributed by atoms with Gasteiger partial charge in [-0.3, -0.25) is 0 Å². The van der Waals surface area contributed by atoms with Crippen LogP contribution in [0.2, 0.25) is 0 Å². The zero-order valence-corrected chi connectivity index (χ0v) is 11.6. The van der Waals surface area contributed by atoms with E-state index in [2.05, 4.69) is 5.32 Å². The summed E-state index contributed by atoms with van der Waals surface area (Å²) in [6, 6.07) is 15.1. The second-order valence-electron chi connectivity index (χ2n) is 5.01. The molecule has 2 aliphatic rings. The first-order chi connectivity index (χ1) is 10.8. The van der Waals surface area contributed by atoms with E-state index in [0.29, 0.717) is 17.2 Å². The Balaban J connectivity index is 1.59. The molecule has 4 rings (SSSR count). The molecule has 110 valence electrons. The molecule has 2 aromatic carbocycles. The summed E-state index contributed by atoms with van der Waals surface area (Å²) in [6.07, 6.45) is 1.29. The van der Waals surface area contributed by atoms with Crippen molar-refractivity contribution < 1.29 is 19.0 Å². The molecule has 1 unspecified atom stereocenters. The van der Waals surface area contributed by atoms with Crippen molar-refractivity contribution in [3.63, 3.8) is 0 Å². The second kappa shape index (κ2) is 5.11. The second-order valence-corrected chi connectivity index (χ2v) is 5.01. The van der Waals surface area contributed by atoms with Gasteiger partial charge in [-0.2, -0.15) is 0 Å². The van der Waals surface area contributed by atoms with Gasteiger partial charge in [0, 0.05) is 5.56 Å². The Bertz CT molecular complexity index is 755. The smallest absolute Gasteiger partial charge is 0.356 e. The third-order valence-electron chi connectivity index (χ3n) is 3.54. The van der Waals surface area contributed by atoms with E-state index in [1.165, 1.54) is 0 Å². The zero-order valence-electron chi connectivity index (χ0n) is 11.6. The van der Waals surface area contributed by atoms with Crippen LogP contribution >= 0.6 is 0 Å². The Morgan fingerprint density at radius 1 is 1.05 bits per heavy atom. The van der Waals surface area contributed by atoms with Crippen molar-refractivity contribution >= 4 is 12.0 Å². The average molecular weight is 295 g/mol. The lowest BCUT2D eigenvalue weighted by atomic mass is 10.1. The van der Waals surface area contributed by atoms with Crippen molar-refractivity contribution in [1.82, 2.24) is 5.32 Å². The summed E-state index contributed by atoms with van der Waals surface area (Å²) in [5.74, 6) is 1.03. The summed E-state index contributed by atoms with van der Waals surface area (Å²) < 4.78 is 16.0. The van der Waals surface area contributed by atoms with E-state index in [1.807, 2.05) is 48.5 Å². The van der Waals surface area contributed by atoms with E-state index >= 15 is 0 Å². The van der Waals surface area contributed by atoms with Crippen LogP contribution in [0.25, 0.3) is 6.08 Å². The number of carbonyl (C=O) groups is 1. The Morgan fingerprint density at radius 3 is 2.73 bits per heavy atom. The molecular weight excluding hydrogens is 282 g/mol. The fourth-order valence-corrected chi connectivity index (χ4v) is 2.45. The van der Waals surface area contributed by atoms with Crippen LogP contribution in [0.3, 0.4) is 0 Å². The zero-order chi connectivity index (χ0) is 14.9. The number of carbonyl (C=O) groups excluding carboxylic acids is 1. The Morgan fingerprint density at radius 2 is 1.86 bits per heavy atom. The maximum atomic E-state index is 12.0. The number of fused-ring (bicyclic) bond motifs is 1. The Hall–Kier alpha value is -2.95. The first kappa shape index (κ1) is 12.8. The van der Waals surface area contributed by atoms with Gasteiger partial charge in [0.15, 0.2) is 17.7 Å². The molecule has 1 fully saturated rings. The van der Waals surface area contributed by atoms with Crippen LogP contribution in [-0.4, -0.2) is 12.8 Å². The van der Waals surface area contributed by atoms with Crippen molar-refractivity contribution in [1.29, 1.82) is 0 Å². The molecule has 0 aromatic heterocycles. The number of esters is 1. The number of benzene rings is 2. The molecule has 0 saturated carbocycles. The van der Waals surface area contributed by atoms with E-state index in [1.54, 1.807) is 6.08 Å². The van der Waals surface area contributed by atoms with Gasteiger partial charge < -0.3 is 19.5 Å². The SMILES string of the molecule is O=C1OC(c2ccccc2)N/C1=C\c1ccc2c(c1)OCO2. The summed E-state index contributed by atoms with van der Waals surface area (Å²) in [6.45, 7) is 0.228. The van der Waals surface area contributed by atoms with E-state index < -0.39 is 6.23 Å². The number of cyclic esters (lactones) is 1. The molecule has 0 amide bonds. The largest absolute Gasteiger partial charge is 0.454 e. The minimum atomic E-state index is -0.450. The van der Waals surface area contributed by atoms with Crippen LogP contribution in [0.15, 0.2) is 54.2 Å². The summed E-state index contributed by atoms with van der Waals surface area (Å²) in [5, 5.41) is 3.09. The van der Waals surface area contributed by atoms with Gasteiger partial charge in [0.25, 0.3) is 0 Å². The summed E-state index contributed by atoms with van der Waals surface area (Å²) in [5.41, 5.74) is 2.18. The standard InChI is InChI=1S/C17H13NO4/c19-17-13(18-16(22-17)12-4-2-1-3-5-12)8-11-6-7-14-15(9-11)21-10-20-14/h1-9,16,18H,10H2/b13-8-. The molecule has 5 nitrogen and oxygen atoms in total. The van der Waals surface area contributed by atoms with E-state index in [-0.39, 0.29) is 12.8 Å². The lowest BCUT2D eigenvalue weighted by molar-refractivity contribution is -0.139. The van der Waals surface area contributed by atoms with Crippen molar-refractivity contribution in [3.8, 4) is 11.5 Å². The quantitative estimate of drug-likeness (QED) is 0.682. The highest BCUT2D eigenvalue weighted by Crippen LogP contribution is 2.33. The molecule has 2 aromatic rings. The molecule has 22 heavy (non-hydrogen) atoms. The average Bonchev–Trinajstić information content (AvgIpc) is 3.15. The molecule has 0 radical (unpaired) electrons. The van der Waals surface area contributed by atoms with Crippen molar-refractivity contribution in [2.24, 2.45) is 0 Å². The first-order valence-electron chi connectivity index (χ1n) is 6.93. The fourth-order valence-electron chi connectivity index (χ4n) is 2.45. The normalized spacial score (nSPS) is 20.8. The van der Waals surface area contributed by atoms with Crippen LogP contribution in [0.5, 0.6) is 11.5 Å². The number of rotatable bonds is 2. The maximum absolute atomic E-state index is 12.0. The molecule has 1 atom stereocenters. The minimum Gasteiger partial charge on any atom is -0.454 e. The molecule has 2 heterocycles. The van der Waals surface area contributed by atoms with E-state index in [9.17, 15) is 4.79 Å². The summed E-state index contributed by atoms with van der Waals surface area (Å²) in [7, 11) is 0. The van der Waals surface area contributed by atoms with Gasteiger partial charge in [-0.05, 0) is 23.8 Å². The van der Waals surface area contributed by atoms with Crippen LogP contribution in [0.4, 0.5) is 0 Å². The fraction of sp³-hybridized carbons (Fsp3) is 0.118. The van der Waals surface area contributed by atoms with Gasteiger partial charge in [-0.15, -0.1) is 0 Å². The lowest BCUT2D eigenvalue weighted by Gasteiger charge is -2.08. The molecule has 1 saturated heterocycles. The van der Waals surface area contributed by atoms with Gasteiger partial charge in [-0.1, -0.05) is 36.4 Å². The topological polar surface area (TPSA) is 56.8 Å². The van der Waals surface area contributed by atoms with Gasteiger partial charge >= 0.3 is 5.97 Å². The maximum Gasteiger partial charge on any atom is 0.356 e. The molecule has 0 spiro atoms. The molecular formula is C17H13NO4. The van der Waals surface area contributed by atoms with Crippen molar-refractivity contribution in [3.05, 3.63) is 65.4 Å². The van der Waals surface area contributed by atoms with Crippen molar-refractivity contribution in [2.75, 3.05) is 6.79 Å². The van der Waals surface area contributed by atoms with Crippen LogP contribution in [0, 0.1) is 0 Å². The van der Waals surface area contributed by atoms with Crippen molar-refractivity contribution in [2.45, 2.75) is 6.23 Å². The summed E-state index contributed by atoms with van der Waals surface area (Å²) >= 11 is 0.